The minimum atomic E-state index is -3.27. The lowest BCUT2D eigenvalue weighted by atomic mass is 10.00. The number of piperidine rings is 1. The quantitative estimate of drug-likeness (QED) is 0.690. The Morgan fingerprint density at radius 2 is 2.00 bits per heavy atom. The van der Waals surface area contributed by atoms with Crippen LogP contribution in [0.2, 0.25) is 0 Å². The number of hydrogen-bond acceptors (Lipinski definition) is 5. The number of aliphatic hydroxyl groups excluding tert-OH is 1. The van der Waals surface area contributed by atoms with Crippen molar-refractivity contribution in [1.82, 2.24) is 4.31 Å². The van der Waals surface area contributed by atoms with Crippen LogP contribution in [-0.2, 0) is 19.6 Å². The molecular weight excluding hydrogens is 258 g/mol. The number of nitrogens with zero attached hydrogens (tertiary/aromatic N) is 1. The lowest BCUT2D eigenvalue weighted by Crippen LogP contribution is -2.40. The van der Waals surface area contributed by atoms with E-state index in [2.05, 4.69) is 4.74 Å². The fourth-order valence-electron chi connectivity index (χ4n) is 2.00. The van der Waals surface area contributed by atoms with Crippen LogP contribution < -0.4 is 0 Å². The molecule has 1 rings (SSSR count). The van der Waals surface area contributed by atoms with Gasteiger partial charge in [0.25, 0.3) is 0 Å². The van der Waals surface area contributed by atoms with E-state index in [1.807, 2.05) is 0 Å². The average molecular weight is 279 g/mol. The van der Waals surface area contributed by atoms with Crippen molar-refractivity contribution in [3.05, 3.63) is 0 Å². The Labute approximate surface area is 108 Å². The van der Waals surface area contributed by atoms with E-state index in [-0.39, 0.29) is 37.1 Å². The van der Waals surface area contributed by atoms with E-state index in [0.717, 1.165) is 0 Å². The summed E-state index contributed by atoms with van der Waals surface area (Å²) in [6, 6.07) is 0. The third-order valence-corrected chi connectivity index (χ3v) is 5.19. The molecule has 1 N–H and O–H groups in total. The molecule has 0 aromatic rings. The van der Waals surface area contributed by atoms with Crippen LogP contribution in [0.25, 0.3) is 0 Å². The molecule has 7 heteroatoms. The maximum absolute atomic E-state index is 12.0. The summed E-state index contributed by atoms with van der Waals surface area (Å²) in [6.45, 7) is 1.05. The molecule has 0 amide bonds. The number of aliphatic hydroxyl groups is 1. The third-order valence-electron chi connectivity index (χ3n) is 3.24. The van der Waals surface area contributed by atoms with Crippen molar-refractivity contribution in [3.63, 3.8) is 0 Å². The standard InChI is InChI=1S/C11H21NO5S/c1-17-11(14)3-2-8-18(15,16)12-6-4-10(9-13)5-7-12/h10,13H,2-9H2,1H3. The molecule has 0 bridgehead atoms. The molecule has 0 atom stereocenters. The first-order valence-electron chi connectivity index (χ1n) is 6.15. The largest absolute Gasteiger partial charge is 0.469 e. The Hall–Kier alpha value is -0.660. The second-order valence-corrected chi connectivity index (χ2v) is 6.61. The maximum atomic E-state index is 12.0. The summed E-state index contributed by atoms with van der Waals surface area (Å²) in [7, 11) is -1.99. The Bertz CT molecular complexity index is 360. The van der Waals surface area contributed by atoms with Gasteiger partial charge in [0, 0.05) is 26.1 Å². The average Bonchev–Trinajstić information content (AvgIpc) is 2.38. The molecule has 0 spiro atoms. The monoisotopic (exact) mass is 279 g/mol. The molecule has 1 fully saturated rings. The van der Waals surface area contributed by atoms with Gasteiger partial charge in [-0.2, -0.15) is 0 Å². The molecule has 1 aliphatic heterocycles. The van der Waals surface area contributed by atoms with Gasteiger partial charge in [-0.3, -0.25) is 4.79 Å². The lowest BCUT2D eigenvalue weighted by Gasteiger charge is -2.30. The highest BCUT2D eigenvalue weighted by Gasteiger charge is 2.27. The van der Waals surface area contributed by atoms with Gasteiger partial charge in [0.15, 0.2) is 0 Å². The van der Waals surface area contributed by atoms with E-state index in [4.69, 9.17) is 5.11 Å². The van der Waals surface area contributed by atoms with E-state index >= 15 is 0 Å². The van der Waals surface area contributed by atoms with Gasteiger partial charge >= 0.3 is 5.97 Å². The van der Waals surface area contributed by atoms with Gasteiger partial charge < -0.3 is 9.84 Å². The second kappa shape index (κ2) is 7.06. The number of carbonyl (C=O) groups is 1. The second-order valence-electron chi connectivity index (χ2n) is 4.52. The Kier molecular flexibility index (Phi) is 6.04. The minimum absolute atomic E-state index is 0.0219. The molecule has 6 nitrogen and oxygen atoms in total. The van der Waals surface area contributed by atoms with Gasteiger partial charge in [0.05, 0.1) is 12.9 Å². The molecule has 0 aromatic carbocycles. The zero-order valence-electron chi connectivity index (χ0n) is 10.7. The summed E-state index contributed by atoms with van der Waals surface area (Å²) in [5.41, 5.74) is 0. The van der Waals surface area contributed by atoms with E-state index in [0.29, 0.717) is 25.9 Å². The van der Waals surface area contributed by atoms with Crippen LogP contribution in [0.3, 0.4) is 0 Å². The number of methoxy groups -OCH3 is 1. The van der Waals surface area contributed by atoms with E-state index < -0.39 is 10.0 Å². The Morgan fingerprint density at radius 3 is 2.50 bits per heavy atom. The number of rotatable bonds is 6. The van der Waals surface area contributed by atoms with E-state index in [9.17, 15) is 13.2 Å². The van der Waals surface area contributed by atoms with Crippen LogP contribution in [0.1, 0.15) is 25.7 Å². The summed E-state index contributed by atoms with van der Waals surface area (Å²) < 4.78 is 29.8. The predicted molar refractivity (Wildman–Crippen MR) is 66.4 cm³/mol. The first kappa shape index (κ1) is 15.4. The molecule has 0 saturated carbocycles. The van der Waals surface area contributed by atoms with Crippen LogP contribution in [0, 0.1) is 5.92 Å². The molecule has 0 aliphatic carbocycles. The smallest absolute Gasteiger partial charge is 0.305 e. The molecule has 1 heterocycles. The van der Waals surface area contributed by atoms with Gasteiger partial charge in [-0.15, -0.1) is 0 Å². The van der Waals surface area contributed by atoms with Crippen molar-refractivity contribution >= 4 is 16.0 Å². The number of carbonyl (C=O) groups excluding carboxylic acids is 1. The zero-order valence-corrected chi connectivity index (χ0v) is 11.5. The van der Waals surface area contributed by atoms with Crippen LogP contribution >= 0.6 is 0 Å². The van der Waals surface area contributed by atoms with Crippen molar-refractivity contribution in [2.24, 2.45) is 5.92 Å². The van der Waals surface area contributed by atoms with Crippen molar-refractivity contribution in [2.75, 3.05) is 32.6 Å². The predicted octanol–water partition coefficient (Wildman–Crippen LogP) is -0.0263. The number of hydrogen-bond donors (Lipinski definition) is 1. The van der Waals surface area contributed by atoms with Crippen molar-refractivity contribution in [3.8, 4) is 0 Å². The summed E-state index contributed by atoms with van der Waals surface area (Å²) in [5.74, 6) is -0.193. The topological polar surface area (TPSA) is 83.9 Å². The fourth-order valence-corrected chi connectivity index (χ4v) is 3.53. The van der Waals surface area contributed by atoms with Gasteiger partial charge in [0.2, 0.25) is 10.0 Å². The summed E-state index contributed by atoms with van der Waals surface area (Å²) in [4.78, 5) is 10.9. The van der Waals surface area contributed by atoms with Crippen LogP contribution in [-0.4, -0.2) is 56.4 Å². The zero-order chi connectivity index (χ0) is 13.6. The van der Waals surface area contributed by atoms with Crippen LogP contribution in [0.15, 0.2) is 0 Å². The molecule has 0 aromatic heterocycles. The first-order chi connectivity index (χ1) is 8.49. The van der Waals surface area contributed by atoms with Gasteiger partial charge in [-0.1, -0.05) is 0 Å². The van der Waals surface area contributed by atoms with Crippen LogP contribution in [0.5, 0.6) is 0 Å². The van der Waals surface area contributed by atoms with E-state index in [1.54, 1.807) is 0 Å². The van der Waals surface area contributed by atoms with Crippen molar-refractivity contribution in [2.45, 2.75) is 25.7 Å². The molecule has 1 saturated heterocycles. The van der Waals surface area contributed by atoms with Gasteiger partial charge in [0.1, 0.15) is 0 Å². The van der Waals surface area contributed by atoms with Gasteiger partial charge in [-0.25, -0.2) is 12.7 Å². The number of esters is 1. The highest BCUT2D eigenvalue weighted by atomic mass is 32.2. The minimum Gasteiger partial charge on any atom is -0.469 e. The molecular formula is C11H21NO5S. The molecule has 106 valence electrons. The molecule has 1 aliphatic rings. The SMILES string of the molecule is COC(=O)CCCS(=O)(=O)N1CCC(CO)CC1. The Morgan fingerprint density at radius 1 is 1.39 bits per heavy atom. The maximum Gasteiger partial charge on any atom is 0.305 e. The van der Waals surface area contributed by atoms with Crippen molar-refractivity contribution in [1.29, 1.82) is 0 Å². The fraction of sp³-hybridized carbons (Fsp3) is 0.909. The third kappa shape index (κ3) is 4.55. The molecule has 0 radical (unpaired) electrons. The summed E-state index contributed by atoms with van der Waals surface area (Å²) in [5, 5.41) is 8.99. The van der Waals surface area contributed by atoms with Crippen molar-refractivity contribution < 1.29 is 23.1 Å². The highest BCUT2D eigenvalue weighted by Crippen LogP contribution is 2.19. The van der Waals surface area contributed by atoms with Gasteiger partial charge in [-0.05, 0) is 25.2 Å². The number of sulfonamides is 1. The lowest BCUT2D eigenvalue weighted by molar-refractivity contribution is -0.140. The summed E-state index contributed by atoms with van der Waals surface area (Å²) >= 11 is 0. The Balaban J connectivity index is 2.37. The highest BCUT2D eigenvalue weighted by molar-refractivity contribution is 7.89. The first-order valence-corrected chi connectivity index (χ1v) is 7.76. The summed E-state index contributed by atoms with van der Waals surface area (Å²) in [6.07, 6.45) is 1.82. The molecule has 0 unspecified atom stereocenters. The van der Waals surface area contributed by atoms with E-state index in [1.165, 1.54) is 11.4 Å². The van der Waals surface area contributed by atoms with Crippen LogP contribution in [0.4, 0.5) is 0 Å². The molecule has 18 heavy (non-hydrogen) atoms. The normalized spacial score (nSPS) is 18.8. The number of ether oxygens (including phenoxy) is 1.